The first-order valence-electron chi connectivity index (χ1n) is 8.58. The Morgan fingerprint density at radius 3 is 2.19 bits per heavy atom. The van der Waals surface area contributed by atoms with Gasteiger partial charge in [-0.15, -0.1) is 0 Å². The van der Waals surface area contributed by atoms with E-state index < -0.39 is 6.10 Å². The van der Waals surface area contributed by atoms with Gasteiger partial charge in [-0.3, -0.25) is 4.90 Å². The van der Waals surface area contributed by atoms with Gasteiger partial charge in [-0.2, -0.15) is 4.99 Å². The van der Waals surface area contributed by atoms with Crippen LogP contribution in [0, 0.1) is 0 Å². The number of hydrogen-bond acceptors (Lipinski definition) is 4. The molecule has 3 aromatic rings. The Morgan fingerprint density at radius 2 is 1.50 bits per heavy atom. The van der Waals surface area contributed by atoms with Crippen molar-refractivity contribution < 1.29 is 9.84 Å². The lowest BCUT2D eigenvalue weighted by Gasteiger charge is -2.39. The molecular weight excluding hydrogens is 324 g/mol. The Labute approximate surface area is 153 Å². The Hall–Kier alpha value is -3.11. The summed E-state index contributed by atoms with van der Waals surface area (Å²) in [5.74, 6) is 0. The summed E-state index contributed by atoms with van der Waals surface area (Å²) in [6, 6.07) is 27.6. The van der Waals surface area contributed by atoms with Crippen LogP contribution in [0.15, 0.2) is 89.9 Å². The summed E-state index contributed by atoms with van der Waals surface area (Å²) >= 11 is 0. The molecule has 1 aliphatic rings. The van der Waals surface area contributed by atoms with Gasteiger partial charge < -0.3 is 9.84 Å². The second-order valence-corrected chi connectivity index (χ2v) is 6.16. The van der Waals surface area contributed by atoms with Gasteiger partial charge in [0, 0.05) is 11.3 Å². The van der Waals surface area contributed by atoms with Gasteiger partial charge in [0.15, 0.2) is 0 Å². The Balaban J connectivity index is 1.89. The zero-order valence-electron chi connectivity index (χ0n) is 14.5. The van der Waals surface area contributed by atoms with Crippen molar-refractivity contribution in [1.82, 2.24) is 0 Å². The molecule has 0 saturated carbocycles. The number of aliphatic hydroxyl groups is 1. The number of anilines is 1. The summed E-state index contributed by atoms with van der Waals surface area (Å²) < 4.78 is 5.60. The summed E-state index contributed by atoms with van der Waals surface area (Å²) in [6.07, 6.45) is -0.738. The van der Waals surface area contributed by atoms with Crippen molar-refractivity contribution in [3.8, 4) is 0 Å². The van der Waals surface area contributed by atoms with E-state index in [0.717, 1.165) is 22.5 Å². The van der Waals surface area contributed by atoms with E-state index in [1.54, 1.807) is 7.11 Å². The van der Waals surface area contributed by atoms with Crippen molar-refractivity contribution >= 4 is 17.4 Å². The minimum atomic E-state index is -0.738. The highest BCUT2D eigenvalue weighted by Crippen LogP contribution is 2.44. The van der Waals surface area contributed by atoms with E-state index in [4.69, 9.17) is 4.74 Å². The first-order valence-corrected chi connectivity index (χ1v) is 8.58. The molecule has 4 rings (SSSR count). The van der Waals surface area contributed by atoms with Crippen molar-refractivity contribution in [1.29, 1.82) is 0 Å². The van der Waals surface area contributed by atoms with E-state index in [0.29, 0.717) is 6.02 Å². The van der Waals surface area contributed by atoms with E-state index in [-0.39, 0.29) is 6.04 Å². The van der Waals surface area contributed by atoms with Gasteiger partial charge in [0.1, 0.15) is 6.10 Å². The number of hydrogen-bond donors (Lipinski definition) is 1. The van der Waals surface area contributed by atoms with Crippen LogP contribution >= 0.6 is 0 Å². The molecule has 0 aliphatic carbocycles. The first-order chi connectivity index (χ1) is 12.8. The molecule has 4 heteroatoms. The van der Waals surface area contributed by atoms with Crippen LogP contribution in [-0.4, -0.2) is 18.2 Å². The van der Waals surface area contributed by atoms with E-state index in [9.17, 15) is 5.11 Å². The van der Waals surface area contributed by atoms with E-state index in [1.807, 2.05) is 89.8 Å². The summed E-state index contributed by atoms with van der Waals surface area (Å²) in [4.78, 5) is 6.62. The molecule has 0 aromatic heterocycles. The van der Waals surface area contributed by atoms with Crippen molar-refractivity contribution in [3.63, 3.8) is 0 Å². The molecule has 2 atom stereocenters. The predicted molar refractivity (Wildman–Crippen MR) is 104 cm³/mol. The number of rotatable bonds is 3. The van der Waals surface area contributed by atoms with Gasteiger partial charge in [-0.05, 0) is 23.8 Å². The number of aliphatic imine (C=N–C) groups is 1. The van der Waals surface area contributed by atoms with Crippen LogP contribution < -0.4 is 4.90 Å². The average Bonchev–Trinajstić information content (AvgIpc) is 2.73. The number of amidine groups is 1. The van der Waals surface area contributed by atoms with Gasteiger partial charge in [-0.25, -0.2) is 0 Å². The van der Waals surface area contributed by atoms with Gasteiger partial charge in [0.05, 0.1) is 18.8 Å². The zero-order chi connectivity index (χ0) is 17.9. The van der Waals surface area contributed by atoms with Crippen LogP contribution in [0.25, 0.3) is 0 Å². The standard InChI is InChI=1S/C22H20N2O2/c1-26-22-23-19-15-9-8-14-18(19)20(21(25)16-10-4-2-5-11-16)24(22)17-12-6-3-7-13-17/h2-15,20-21,25H,1H3/t20-,21+/m0/s1. The second-order valence-electron chi connectivity index (χ2n) is 6.16. The third kappa shape index (κ3) is 2.85. The van der Waals surface area contributed by atoms with Gasteiger partial charge >= 0.3 is 0 Å². The second kappa shape index (κ2) is 7.02. The molecule has 130 valence electrons. The van der Waals surface area contributed by atoms with Crippen LogP contribution in [0.5, 0.6) is 0 Å². The average molecular weight is 344 g/mol. The largest absolute Gasteiger partial charge is 0.468 e. The molecule has 3 aromatic carbocycles. The third-order valence-electron chi connectivity index (χ3n) is 4.61. The van der Waals surface area contributed by atoms with Gasteiger partial charge in [0.2, 0.25) is 0 Å². The molecule has 0 unspecified atom stereocenters. The molecular formula is C22H20N2O2. The minimum absolute atomic E-state index is 0.344. The van der Waals surface area contributed by atoms with E-state index in [1.165, 1.54) is 0 Å². The fraction of sp³-hybridized carbons (Fsp3) is 0.136. The Kier molecular flexibility index (Phi) is 4.42. The molecule has 1 heterocycles. The lowest BCUT2D eigenvalue weighted by molar-refractivity contribution is 0.144. The lowest BCUT2D eigenvalue weighted by Crippen LogP contribution is -2.41. The summed E-state index contributed by atoms with van der Waals surface area (Å²) in [5.41, 5.74) is 3.55. The molecule has 0 saturated heterocycles. The molecule has 0 bridgehead atoms. The number of ether oxygens (including phenoxy) is 1. The fourth-order valence-electron chi connectivity index (χ4n) is 3.40. The van der Waals surface area contributed by atoms with Crippen LogP contribution in [-0.2, 0) is 4.74 Å². The van der Waals surface area contributed by atoms with Crippen molar-refractivity contribution in [2.45, 2.75) is 12.1 Å². The maximum Gasteiger partial charge on any atom is 0.297 e. The van der Waals surface area contributed by atoms with Gasteiger partial charge in [0.25, 0.3) is 6.02 Å². The zero-order valence-corrected chi connectivity index (χ0v) is 14.5. The van der Waals surface area contributed by atoms with E-state index in [2.05, 4.69) is 4.99 Å². The molecule has 0 amide bonds. The van der Waals surface area contributed by atoms with Gasteiger partial charge in [-0.1, -0.05) is 66.7 Å². The summed E-state index contributed by atoms with van der Waals surface area (Å²) in [5, 5.41) is 11.3. The Morgan fingerprint density at radius 1 is 0.885 bits per heavy atom. The smallest absolute Gasteiger partial charge is 0.297 e. The molecule has 0 spiro atoms. The maximum absolute atomic E-state index is 11.3. The van der Waals surface area contributed by atoms with Crippen molar-refractivity contribution in [2.24, 2.45) is 4.99 Å². The Bertz CT molecular complexity index is 910. The molecule has 4 nitrogen and oxygen atoms in total. The quantitative estimate of drug-likeness (QED) is 0.754. The van der Waals surface area contributed by atoms with Crippen LogP contribution in [0.1, 0.15) is 23.3 Å². The van der Waals surface area contributed by atoms with E-state index >= 15 is 0 Å². The molecule has 1 aliphatic heterocycles. The molecule has 1 N–H and O–H groups in total. The molecule has 0 fully saturated rings. The maximum atomic E-state index is 11.3. The normalized spacial score (nSPS) is 17.2. The number of benzene rings is 3. The minimum Gasteiger partial charge on any atom is -0.468 e. The number of aliphatic hydroxyl groups excluding tert-OH is 1. The number of methoxy groups -OCH3 is 1. The topological polar surface area (TPSA) is 45.1 Å². The highest BCUT2D eigenvalue weighted by molar-refractivity contribution is 5.96. The monoisotopic (exact) mass is 344 g/mol. The summed E-state index contributed by atoms with van der Waals surface area (Å²) in [6.45, 7) is 0. The number of para-hydroxylation sites is 2. The summed E-state index contributed by atoms with van der Waals surface area (Å²) in [7, 11) is 1.61. The molecule has 26 heavy (non-hydrogen) atoms. The fourth-order valence-corrected chi connectivity index (χ4v) is 3.40. The number of nitrogens with zero attached hydrogens (tertiary/aromatic N) is 2. The van der Waals surface area contributed by atoms with Crippen LogP contribution in [0.4, 0.5) is 11.4 Å². The van der Waals surface area contributed by atoms with Crippen molar-refractivity contribution in [3.05, 3.63) is 96.1 Å². The first kappa shape index (κ1) is 16.4. The lowest BCUT2D eigenvalue weighted by atomic mass is 9.92. The highest BCUT2D eigenvalue weighted by Gasteiger charge is 2.37. The highest BCUT2D eigenvalue weighted by atomic mass is 16.5. The third-order valence-corrected chi connectivity index (χ3v) is 4.61. The predicted octanol–water partition coefficient (Wildman–Crippen LogP) is 4.62. The molecule has 0 radical (unpaired) electrons. The SMILES string of the molecule is COC1=Nc2ccccc2[C@@H]([C@H](O)c2ccccc2)N1c1ccccc1. The van der Waals surface area contributed by atoms with Crippen molar-refractivity contribution in [2.75, 3.05) is 12.0 Å². The number of fused-ring (bicyclic) bond motifs is 1. The van der Waals surface area contributed by atoms with Crippen LogP contribution in [0.3, 0.4) is 0 Å². The van der Waals surface area contributed by atoms with Crippen LogP contribution in [0.2, 0.25) is 0 Å².